The standard InChI is InChI=1S/C22H25NOS/c1-23(2)21(18-9-4-3-5-10-18)12-14-22(24,15-13-21)20-16-17-8-6-7-11-19(17)25-20/h3-11,16,24H,12-15H2,1-2H3. The van der Waals surface area contributed by atoms with Crippen LogP contribution >= 0.6 is 11.3 Å². The van der Waals surface area contributed by atoms with E-state index >= 15 is 0 Å². The van der Waals surface area contributed by atoms with Crippen LogP contribution in [0.15, 0.2) is 60.7 Å². The van der Waals surface area contributed by atoms with Gasteiger partial charge in [0.25, 0.3) is 0 Å². The second-order valence-corrected chi connectivity index (χ2v) is 8.56. The Morgan fingerprint density at radius 3 is 2.16 bits per heavy atom. The highest BCUT2D eigenvalue weighted by atomic mass is 32.1. The molecular formula is C22H25NOS. The molecule has 0 unspecified atom stereocenters. The molecule has 1 saturated carbocycles. The van der Waals surface area contributed by atoms with Gasteiger partial charge in [-0.2, -0.15) is 0 Å². The fourth-order valence-electron chi connectivity index (χ4n) is 4.28. The van der Waals surface area contributed by atoms with Gasteiger partial charge in [-0.25, -0.2) is 0 Å². The van der Waals surface area contributed by atoms with Gasteiger partial charge < -0.3 is 5.11 Å². The summed E-state index contributed by atoms with van der Waals surface area (Å²) in [6.07, 6.45) is 3.53. The van der Waals surface area contributed by atoms with Crippen molar-refractivity contribution in [1.29, 1.82) is 0 Å². The molecule has 0 spiro atoms. The van der Waals surface area contributed by atoms with Crippen molar-refractivity contribution in [3.63, 3.8) is 0 Å². The minimum absolute atomic E-state index is 0.0180. The molecule has 0 amide bonds. The van der Waals surface area contributed by atoms with Gasteiger partial charge in [0.2, 0.25) is 0 Å². The van der Waals surface area contributed by atoms with E-state index in [-0.39, 0.29) is 5.54 Å². The van der Waals surface area contributed by atoms with Crippen LogP contribution < -0.4 is 0 Å². The number of nitrogens with zero attached hydrogens (tertiary/aromatic N) is 1. The molecule has 1 aromatic heterocycles. The molecule has 0 atom stereocenters. The summed E-state index contributed by atoms with van der Waals surface area (Å²) >= 11 is 1.74. The molecule has 4 rings (SSSR count). The first-order valence-corrected chi connectivity index (χ1v) is 9.80. The quantitative estimate of drug-likeness (QED) is 0.708. The van der Waals surface area contributed by atoms with E-state index in [9.17, 15) is 5.11 Å². The minimum atomic E-state index is -0.696. The summed E-state index contributed by atoms with van der Waals surface area (Å²) in [5.41, 5.74) is 0.681. The lowest BCUT2D eigenvalue weighted by atomic mass is 9.69. The zero-order chi connectivity index (χ0) is 17.5. The summed E-state index contributed by atoms with van der Waals surface area (Å²) in [6.45, 7) is 0. The zero-order valence-corrected chi connectivity index (χ0v) is 15.7. The lowest BCUT2D eigenvalue weighted by Crippen LogP contribution is -2.47. The molecule has 3 heteroatoms. The number of benzene rings is 2. The van der Waals surface area contributed by atoms with Crippen molar-refractivity contribution >= 4 is 21.4 Å². The van der Waals surface area contributed by atoms with E-state index < -0.39 is 5.60 Å². The minimum Gasteiger partial charge on any atom is -0.384 e. The van der Waals surface area contributed by atoms with Crippen molar-refractivity contribution in [3.8, 4) is 0 Å². The number of hydrogen-bond donors (Lipinski definition) is 1. The van der Waals surface area contributed by atoms with Crippen LogP contribution in [0, 0.1) is 0 Å². The van der Waals surface area contributed by atoms with Gasteiger partial charge in [0.05, 0.1) is 5.60 Å². The average molecular weight is 352 g/mol. The van der Waals surface area contributed by atoms with Crippen LogP contribution in [-0.4, -0.2) is 24.1 Å². The van der Waals surface area contributed by atoms with Gasteiger partial charge in [-0.05, 0) is 62.9 Å². The first kappa shape index (κ1) is 16.8. The van der Waals surface area contributed by atoms with Crippen LogP contribution in [0.1, 0.15) is 36.1 Å². The van der Waals surface area contributed by atoms with Gasteiger partial charge in [0, 0.05) is 15.1 Å². The van der Waals surface area contributed by atoms with Crippen LogP contribution in [0.3, 0.4) is 0 Å². The molecule has 130 valence electrons. The molecule has 2 aromatic carbocycles. The molecule has 1 aliphatic rings. The van der Waals surface area contributed by atoms with Gasteiger partial charge in [-0.3, -0.25) is 4.90 Å². The summed E-state index contributed by atoms with van der Waals surface area (Å²) in [7, 11) is 4.33. The Labute approximate surface area is 153 Å². The van der Waals surface area contributed by atoms with Crippen molar-refractivity contribution < 1.29 is 5.11 Å². The Hall–Kier alpha value is -1.68. The van der Waals surface area contributed by atoms with Gasteiger partial charge in [-0.1, -0.05) is 48.5 Å². The highest BCUT2D eigenvalue weighted by Gasteiger charge is 2.45. The zero-order valence-electron chi connectivity index (χ0n) is 14.9. The maximum atomic E-state index is 11.4. The van der Waals surface area contributed by atoms with Crippen LogP contribution in [0.5, 0.6) is 0 Å². The third-order valence-corrected chi connectivity index (χ3v) is 7.27. The lowest BCUT2D eigenvalue weighted by Gasteiger charge is -2.48. The van der Waals surface area contributed by atoms with E-state index in [1.807, 2.05) is 0 Å². The molecule has 1 aliphatic carbocycles. The molecule has 0 bridgehead atoms. The Morgan fingerprint density at radius 1 is 0.880 bits per heavy atom. The largest absolute Gasteiger partial charge is 0.384 e. The van der Waals surface area contributed by atoms with Crippen molar-refractivity contribution in [2.75, 3.05) is 14.1 Å². The summed E-state index contributed by atoms with van der Waals surface area (Å²) in [5.74, 6) is 0. The predicted octanol–water partition coefficient (Wildman–Crippen LogP) is 5.12. The van der Waals surface area contributed by atoms with Crippen LogP contribution in [0.2, 0.25) is 0 Å². The molecule has 1 N–H and O–H groups in total. The fourth-order valence-corrected chi connectivity index (χ4v) is 5.49. The molecule has 1 heterocycles. The normalized spacial score (nSPS) is 27.0. The lowest BCUT2D eigenvalue weighted by molar-refractivity contribution is -0.0484. The second-order valence-electron chi connectivity index (χ2n) is 7.47. The van der Waals surface area contributed by atoms with Gasteiger partial charge in [0.1, 0.15) is 0 Å². The van der Waals surface area contributed by atoms with E-state index in [0.29, 0.717) is 0 Å². The van der Waals surface area contributed by atoms with E-state index in [4.69, 9.17) is 0 Å². The van der Waals surface area contributed by atoms with Crippen LogP contribution in [-0.2, 0) is 11.1 Å². The number of rotatable bonds is 3. The van der Waals surface area contributed by atoms with Gasteiger partial charge in [0.15, 0.2) is 0 Å². The highest BCUT2D eigenvalue weighted by Crippen LogP contribution is 2.50. The predicted molar refractivity (Wildman–Crippen MR) is 106 cm³/mol. The average Bonchev–Trinajstić information content (AvgIpc) is 3.08. The number of fused-ring (bicyclic) bond motifs is 1. The molecule has 0 saturated heterocycles. The summed E-state index contributed by atoms with van der Waals surface area (Å²) in [5, 5.41) is 12.6. The summed E-state index contributed by atoms with van der Waals surface area (Å²) in [4.78, 5) is 3.46. The molecule has 0 aliphatic heterocycles. The van der Waals surface area contributed by atoms with E-state index in [0.717, 1.165) is 30.6 Å². The Balaban J connectivity index is 1.64. The van der Waals surface area contributed by atoms with Gasteiger partial charge >= 0.3 is 0 Å². The first-order chi connectivity index (χ1) is 12.0. The summed E-state index contributed by atoms with van der Waals surface area (Å²) in [6, 6.07) is 21.4. The maximum absolute atomic E-state index is 11.4. The van der Waals surface area contributed by atoms with Crippen molar-refractivity contribution in [3.05, 3.63) is 71.1 Å². The van der Waals surface area contributed by atoms with Crippen LogP contribution in [0.4, 0.5) is 0 Å². The Kier molecular flexibility index (Phi) is 4.19. The fraction of sp³-hybridized carbons (Fsp3) is 0.364. The van der Waals surface area contributed by atoms with E-state index in [2.05, 4.69) is 79.7 Å². The number of thiophene rings is 1. The summed E-state index contributed by atoms with van der Waals surface area (Å²) < 4.78 is 1.26. The third kappa shape index (κ3) is 2.80. The smallest absolute Gasteiger partial charge is 0.0989 e. The molecular weight excluding hydrogens is 326 g/mol. The molecule has 25 heavy (non-hydrogen) atoms. The number of hydrogen-bond acceptors (Lipinski definition) is 3. The van der Waals surface area contributed by atoms with Gasteiger partial charge in [-0.15, -0.1) is 11.3 Å². The molecule has 1 fully saturated rings. The first-order valence-electron chi connectivity index (χ1n) is 8.98. The molecule has 3 aromatic rings. The third-order valence-electron chi connectivity index (χ3n) is 5.96. The van der Waals surface area contributed by atoms with Crippen molar-refractivity contribution in [2.45, 2.75) is 36.8 Å². The maximum Gasteiger partial charge on any atom is 0.0989 e. The topological polar surface area (TPSA) is 23.5 Å². The Morgan fingerprint density at radius 2 is 1.52 bits per heavy atom. The SMILES string of the molecule is CN(C)C1(c2ccccc2)CCC(O)(c2cc3ccccc3s2)CC1. The molecule has 0 radical (unpaired) electrons. The second kappa shape index (κ2) is 6.24. The van der Waals surface area contributed by atoms with Crippen LogP contribution in [0.25, 0.3) is 10.1 Å². The molecule has 2 nitrogen and oxygen atoms in total. The highest BCUT2D eigenvalue weighted by molar-refractivity contribution is 7.19. The van der Waals surface area contributed by atoms with E-state index in [1.54, 1.807) is 11.3 Å². The van der Waals surface area contributed by atoms with Crippen molar-refractivity contribution in [1.82, 2.24) is 4.90 Å². The monoisotopic (exact) mass is 351 g/mol. The Bertz CT molecular complexity index is 827. The van der Waals surface area contributed by atoms with E-state index in [1.165, 1.54) is 15.6 Å². The van der Waals surface area contributed by atoms with Crippen molar-refractivity contribution in [2.24, 2.45) is 0 Å². The number of aliphatic hydroxyl groups is 1.